The highest BCUT2D eigenvalue weighted by atomic mass is 35.5. The average Bonchev–Trinajstić information content (AvgIpc) is 2.54. The lowest BCUT2D eigenvalue weighted by Crippen LogP contribution is -2.47. The van der Waals surface area contributed by atoms with Gasteiger partial charge in [0.2, 0.25) is 5.91 Å². The Labute approximate surface area is 159 Å². The van der Waals surface area contributed by atoms with E-state index in [4.69, 9.17) is 0 Å². The number of benzene rings is 1. The van der Waals surface area contributed by atoms with Crippen LogP contribution in [0.5, 0.6) is 0 Å². The predicted octanol–water partition coefficient (Wildman–Crippen LogP) is 3.98. The number of anilines is 1. The molecule has 1 amide bonds. The summed E-state index contributed by atoms with van der Waals surface area (Å²) in [6.45, 7) is 11.1. The molecule has 0 bridgehead atoms. The third-order valence-corrected chi connectivity index (χ3v) is 4.92. The van der Waals surface area contributed by atoms with Crippen LogP contribution in [0.1, 0.15) is 63.5 Å². The van der Waals surface area contributed by atoms with Crippen LogP contribution in [0.15, 0.2) is 18.2 Å². The fourth-order valence-electron chi connectivity index (χ4n) is 3.51. The number of nitrogens with one attached hydrogen (secondary N) is 2. The van der Waals surface area contributed by atoms with Crippen LogP contribution in [0, 0.1) is 0 Å². The van der Waals surface area contributed by atoms with Gasteiger partial charge in [0.1, 0.15) is 0 Å². The summed E-state index contributed by atoms with van der Waals surface area (Å²) < 4.78 is 0. The van der Waals surface area contributed by atoms with Crippen LogP contribution in [0.2, 0.25) is 0 Å². The number of halogens is 1. The maximum Gasteiger partial charge on any atom is 0.238 e. The third-order valence-electron chi connectivity index (χ3n) is 4.92. The molecule has 25 heavy (non-hydrogen) atoms. The molecular formula is C20H34ClN3O. The van der Waals surface area contributed by atoms with Crippen molar-refractivity contribution in [2.75, 3.05) is 32.0 Å². The van der Waals surface area contributed by atoms with E-state index in [0.29, 0.717) is 24.4 Å². The van der Waals surface area contributed by atoms with Crippen molar-refractivity contribution < 1.29 is 4.79 Å². The van der Waals surface area contributed by atoms with Crippen LogP contribution in [-0.4, -0.2) is 43.5 Å². The Kier molecular flexibility index (Phi) is 8.91. The van der Waals surface area contributed by atoms with Crippen LogP contribution in [-0.2, 0) is 4.79 Å². The highest BCUT2D eigenvalue weighted by Gasteiger charge is 2.22. The van der Waals surface area contributed by atoms with Crippen molar-refractivity contribution in [3.63, 3.8) is 0 Å². The molecule has 1 heterocycles. The number of likely N-dealkylation sites (tertiary alicyclic amines) is 1. The second-order valence-corrected chi connectivity index (χ2v) is 7.53. The first-order chi connectivity index (χ1) is 11.4. The van der Waals surface area contributed by atoms with Crippen LogP contribution < -0.4 is 10.6 Å². The molecule has 2 rings (SSSR count). The molecule has 0 spiro atoms. The molecule has 1 aliphatic rings. The molecule has 1 aromatic carbocycles. The van der Waals surface area contributed by atoms with Crippen molar-refractivity contribution in [3.05, 3.63) is 29.3 Å². The minimum absolute atomic E-state index is 0. The summed E-state index contributed by atoms with van der Waals surface area (Å²) in [7, 11) is 2.00. The summed E-state index contributed by atoms with van der Waals surface area (Å²) in [6.07, 6.45) is 2.35. The first-order valence-electron chi connectivity index (χ1n) is 9.24. The first-order valence-corrected chi connectivity index (χ1v) is 9.24. The van der Waals surface area contributed by atoms with Gasteiger partial charge in [-0.3, -0.25) is 9.69 Å². The fraction of sp³-hybridized carbons (Fsp3) is 0.650. The van der Waals surface area contributed by atoms with Crippen molar-refractivity contribution in [1.29, 1.82) is 0 Å². The second kappa shape index (κ2) is 10.1. The Hall–Kier alpha value is -1.10. The lowest BCUT2D eigenvalue weighted by molar-refractivity contribution is -0.117. The van der Waals surface area contributed by atoms with E-state index in [1.54, 1.807) is 0 Å². The fourth-order valence-corrected chi connectivity index (χ4v) is 3.51. The summed E-state index contributed by atoms with van der Waals surface area (Å²) >= 11 is 0. The normalized spacial score (nSPS) is 18.3. The van der Waals surface area contributed by atoms with Gasteiger partial charge in [-0.2, -0.15) is 0 Å². The van der Waals surface area contributed by atoms with Gasteiger partial charge in [0.05, 0.1) is 6.54 Å². The zero-order valence-corrected chi connectivity index (χ0v) is 17.1. The molecule has 0 saturated carbocycles. The van der Waals surface area contributed by atoms with Gasteiger partial charge in [-0.25, -0.2) is 0 Å². The Morgan fingerprint density at radius 1 is 1.20 bits per heavy atom. The summed E-state index contributed by atoms with van der Waals surface area (Å²) in [5.74, 6) is 0.882. The topological polar surface area (TPSA) is 44.4 Å². The maximum absolute atomic E-state index is 12.7. The van der Waals surface area contributed by atoms with Crippen LogP contribution in [0.3, 0.4) is 0 Å². The Morgan fingerprint density at radius 3 is 2.32 bits per heavy atom. The highest BCUT2D eigenvalue weighted by molar-refractivity contribution is 5.94. The molecule has 1 aromatic rings. The van der Waals surface area contributed by atoms with Crippen LogP contribution in [0.25, 0.3) is 0 Å². The minimum atomic E-state index is 0. The SMILES string of the molecule is CNC1CCCN(CC(=O)Nc2c(C(C)C)cccc2C(C)C)C1.Cl. The molecule has 142 valence electrons. The molecule has 2 N–H and O–H groups in total. The van der Waals surface area contributed by atoms with E-state index in [1.165, 1.54) is 17.5 Å². The standard InChI is InChI=1S/C20H33N3O.ClH/c1-14(2)17-9-6-10-18(15(3)4)20(17)22-19(24)13-23-11-7-8-16(12-23)21-5;/h6,9-10,14-16,21H,7-8,11-13H2,1-5H3,(H,22,24);1H. The average molecular weight is 368 g/mol. The molecule has 1 aliphatic heterocycles. The molecule has 0 aromatic heterocycles. The van der Waals surface area contributed by atoms with Crippen molar-refractivity contribution in [2.45, 2.75) is 58.4 Å². The zero-order valence-electron chi connectivity index (χ0n) is 16.3. The van der Waals surface area contributed by atoms with Gasteiger partial charge < -0.3 is 10.6 Å². The lowest BCUT2D eigenvalue weighted by Gasteiger charge is -2.32. The van der Waals surface area contributed by atoms with Crippen LogP contribution >= 0.6 is 12.4 Å². The summed E-state index contributed by atoms with van der Waals surface area (Å²) in [5.41, 5.74) is 3.47. The number of rotatable bonds is 6. The molecule has 0 aliphatic carbocycles. The van der Waals surface area contributed by atoms with Crippen molar-refractivity contribution in [2.24, 2.45) is 0 Å². The third kappa shape index (κ3) is 5.98. The van der Waals surface area contributed by atoms with Gasteiger partial charge >= 0.3 is 0 Å². The van der Waals surface area contributed by atoms with E-state index < -0.39 is 0 Å². The zero-order chi connectivity index (χ0) is 17.7. The highest BCUT2D eigenvalue weighted by Crippen LogP contribution is 2.32. The molecular weight excluding hydrogens is 334 g/mol. The van der Waals surface area contributed by atoms with Crippen LogP contribution in [0.4, 0.5) is 5.69 Å². The Morgan fingerprint density at radius 2 is 1.80 bits per heavy atom. The Balaban J connectivity index is 0.00000312. The van der Waals surface area contributed by atoms with E-state index in [-0.39, 0.29) is 18.3 Å². The number of hydrogen-bond acceptors (Lipinski definition) is 3. The van der Waals surface area contributed by atoms with E-state index in [0.717, 1.165) is 25.2 Å². The number of hydrogen-bond donors (Lipinski definition) is 2. The summed E-state index contributed by atoms with van der Waals surface area (Å²) in [4.78, 5) is 14.9. The maximum atomic E-state index is 12.7. The molecule has 1 unspecified atom stereocenters. The number of para-hydroxylation sites is 1. The molecule has 4 nitrogen and oxygen atoms in total. The van der Waals surface area contributed by atoms with Gasteiger partial charge in [-0.1, -0.05) is 45.9 Å². The van der Waals surface area contributed by atoms with E-state index >= 15 is 0 Å². The number of nitrogens with zero attached hydrogens (tertiary/aromatic N) is 1. The summed E-state index contributed by atoms with van der Waals surface area (Å²) in [6, 6.07) is 6.86. The molecule has 0 radical (unpaired) electrons. The van der Waals surface area contributed by atoms with Gasteiger partial charge in [0, 0.05) is 18.3 Å². The van der Waals surface area contributed by atoms with E-state index in [2.05, 4.69) is 61.4 Å². The summed E-state index contributed by atoms with van der Waals surface area (Å²) in [5, 5.41) is 6.55. The first kappa shape index (κ1) is 21.9. The molecule has 1 saturated heterocycles. The minimum Gasteiger partial charge on any atom is -0.324 e. The molecule has 1 atom stereocenters. The second-order valence-electron chi connectivity index (χ2n) is 7.53. The predicted molar refractivity (Wildman–Crippen MR) is 109 cm³/mol. The number of carbonyl (C=O) groups excluding carboxylic acids is 1. The van der Waals surface area contributed by atoms with Gasteiger partial charge in [-0.05, 0) is 49.4 Å². The van der Waals surface area contributed by atoms with Gasteiger partial charge in [0.25, 0.3) is 0 Å². The molecule has 5 heteroatoms. The van der Waals surface area contributed by atoms with Crippen molar-refractivity contribution in [3.8, 4) is 0 Å². The Bertz CT molecular complexity index is 534. The largest absolute Gasteiger partial charge is 0.324 e. The van der Waals surface area contributed by atoms with E-state index in [1.807, 2.05) is 7.05 Å². The number of amides is 1. The number of likely N-dealkylation sites (N-methyl/N-ethyl adjacent to an activating group) is 1. The lowest BCUT2D eigenvalue weighted by atomic mass is 9.92. The smallest absolute Gasteiger partial charge is 0.238 e. The van der Waals surface area contributed by atoms with Crippen molar-refractivity contribution in [1.82, 2.24) is 10.2 Å². The van der Waals surface area contributed by atoms with E-state index in [9.17, 15) is 4.79 Å². The number of piperidine rings is 1. The monoisotopic (exact) mass is 367 g/mol. The quantitative estimate of drug-likeness (QED) is 0.799. The molecule has 1 fully saturated rings. The van der Waals surface area contributed by atoms with Crippen molar-refractivity contribution >= 4 is 24.0 Å². The van der Waals surface area contributed by atoms with Gasteiger partial charge in [-0.15, -0.1) is 12.4 Å². The van der Waals surface area contributed by atoms with Gasteiger partial charge in [0.15, 0.2) is 0 Å². The number of carbonyl (C=O) groups is 1.